The summed E-state index contributed by atoms with van der Waals surface area (Å²) in [6, 6.07) is 11.8. The highest BCUT2D eigenvalue weighted by molar-refractivity contribution is 5.94. The Hall–Kier alpha value is -3.95. The summed E-state index contributed by atoms with van der Waals surface area (Å²) in [5, 5.41) is 2.33. The van der Waals surface area contributed by atoms with E-state index in [2.05, 4.69) is 10.3 Å². The lowest BCUT2D eigenvalue weighted by Gasteiger charge is -2.24. The van der Waals surface area contributed by atoms with Gasteiger partial charge in [-0.15, -0.1) is 0 Å². The van der Waals surface area contributed by atoms with Crippen LogP contribution in [0.4, 0.5) is 26.0 Å². The van der Waals surface area contributed by atoms with Crippen molar-refractivity contribution >= 4 is 23.1 Å². The molecule has 0 spiro atoms. The van der Waals surface area contributed by atoms with Crippen LogP contribution in [0.3, 0.4) is 0 Å². The second kappa shape index (κ2) is 9.24. The molecule has 0 aliphatic heterocycles. The summed E-state index contributed by atoms with van der Waals surface area (Å²) in [5.74, 6) is -2.44. The first-order chi connectivity index (χ1) is 14.8. The SMILES string of the molecule is CCN(CC(=O)Nc1ccc(F)cc1F)c1c(N)n(Cc2ccccc2)c(=O)[nH]c1=O. The molecule has 1 heterocycles. The van der Waals surface area contributed by atoms with Crippen molar-refractivity contribution in [2.45, 2.75) is 13.5 Å². The second-order valence-corrected chi connectivity index (χ2v) is 6.75. The van der Waals surface area contributed by atoms with Crippen molar-refractivity contribution in [2.24, 2.45) is 0 Å². The number of carbonyl (C=O) groups excluding carboxylic acids is 1. The predicted octanol–water partition coefficient (Wildman–Crippen LogP) is 1.91. The van der Waals surface area contributed by atoms with Crippen molar-refractivity contribution in [2.75, 3.05) is 29.0 Å². The monoisotopic (exact) mass is 429 g/mol. The van der Waals surface area contributed by atoms with Crippen molar-refractivity contribution in [1.29, 1.82) is 0 Å². The van der Waals surface area contributed by atoms with Crippen LogP contribution in [-0.4, -0.2) is 28.5 Å². The van der Waals surface area contributed by atoms with Gasteiger partial charge >= 0.3 is 5.69 Å². The van der Waals surface area contributed by atoms with Gasteiger partial charge in [-0.2, -0.15) is 0 Å². The molecule has 0 unspecified atom stereocenters. The average molecular weight is 429 g/mol. The van der Waals surface area contributed by atoms with E-state index in [0.717, 1.165) is 17.7 Å². The van der Waals surface area contributed by atoms with Gasteiger partial charge in [0.05, 0.1) is 18.8 Å². The van der Waals surface area contributed by atoms with Gasteiger partial charge < -0.3 is 16.0 Å². The molecular weight excluding hydrogens is 408 g/mol. The van der Waals surface area contributed by atoms with Crippen LogP contribution in [0.1, 0.15) is 12.5 Å². The number of rotatable bonds is 7. The number of nitrogens with zero attached hydrogens (tertiary/aromatic N) is 2. The predicted molar refractivity (Wildman–Crippen MR) is 114 cm³/mol. The highest BCUT2D eigenvalue weighted by Gasteiger charge is 2.20. The molecule has 0 aliphatic rings. The Bertz CT molecular complexity index is 1210. The standard InChI is InChI=1S/C21H21F2N5O3/c1-2-27(12-17(29)25-16-9-8-14(22)10-15(16)23)18-19(24)28(21(31)26-20(18)30)11-13-6-4-3-5-7-13/h3-10H,2,11-12,24H2,1H3,(H,25,29)(H,26,30,31). The Balaban J connectivity index is 1.88. The van der Waals surface area contributed by atoms with Crippen LogP contribution in [0.2, 0.25) is 0 Å². The van der Waals surface area contributed by atoms with Crippen molar-refractivity contribution in [3.05, 3.63) is 86.6 Å². The molecule has 0 radical (unpaired) electrons. The molecule has 0 saturated carbocycles. The first-order valence-corrected chi connectivity index (χ1v) is 9.46. The quantitative estimate of drug-likeness (QED) is 0.531. The van der Waals surface area contributed by atoms with Gasteiger partial charge in [-0.05, 0) is 24.6 Å². The number of aromatic nitrogens is 2. The zero-order valence-corrected chi connectivity index (χ0v) is 16.7. The highest BCUT2D eigenvalue weighted by atomic mass is 19.1. The highest BCUT2D eigenvalue weighted by Crippen LogP contribution is 2.19. The molecule has 31 heavy (non-hydrogen) atoms. The lowest BCUT2D eigenvalue weighted by Crippen LogP contribution is -2.41. The Morgan fingerprint density at radius 3 is 2.52 bits per heavy atom. The van der Waals surface area contributed by atoms with Crippen LogP contribution in [0.5, 0.6) is 0 Å². The maximum atomic E-state index is 13.8. The van der Waals surface area contributed by atoms with Gasteiger partial charge in [0.25, 0.3) is 5.56 Å². The summed E-state index contributed by atoms with van der Waals surface area (Å²) in [5.41, 5.74) is 5.28. The van der Waals surface area contributed by atoms with Crippen LogP contribution in [0, 0.1) is 11.6 Å². The van der Waals surface area contributed by atoms with Crippen molar-refractivity contribution in [3.63, 3.8) is 0 Å². The molecule has 3 aromatic rings. The Morgan fingerprint density at radius 1 is 1.16 bits per heavy atom. The Kier molecular flexibility index (Phi) is 6.49. The van der Waals surface area contributed by atoms with Crippen molar-refractivity contribution in [3.8, 4) is 0 Å². The van der Waals surface area contributed by atoms with E-state index in [1.165, 1.54) is 9.47 Å². The Labute approximate surface area is 175 Å². The molecule has 4 N–H and O–H groups in total. The second-order valence-electron chi connectivity index (χ2n) is 6.75. The molecule has 10 heteroatoms. The summed E-state index contributed by atoms with van der Waals surface area (Å²) < 4.78 is 28.1. The van der Waals surface area contributed by atoms with Crippen LogP contribution < -0.4 is 27.2 Å². The molecule has 0 saturated heterocycles. The zero-order valence-electron chi connectivity index (χ0n) is 16.7. The van der Waals surface area contributed by atoms with Gasteiger partial charge in [-0.1, -0.05) is 30.3 Å². The molecule has 8 nitrogen and oxygen atoms in total. The topological polar surface area (TPSA) is 113 Å². The number of halogens is 2. The summed E-state index contributed by atoms with van der Waals surface area (Å²) in [4.78, 5) is 40.8. The number of nitrogens with two attached hydrogens (primary N) is 1. The van der Waals surface area contributed by atoms with Gasteiger partial charge in [0.1, 0.15) is 23.1 Å². The minimum absolute atomic E-state index is 0.0484. The molecule has 0 aliphatic carbocycles. The lowest BCUT2D eigenvalue weighted by molar-refractivity contribution is -0.115. The van der Waals surface area contributed by atoms with Gasteiger partial charge in [-0.3, -0.25) is 19.1 Å². The maximum Gasteiger partial charge on any atom is 0.330 e. The van der Waals surface area contributed by atoms with Gasteiger partial charge in [0, 0.05) is 12.6 Å². The number of hydrogen-bond donors (Lipinski definition) is 3. The van der Waals surface area contributed by atoms with E-state index in [-0.39, 0.29) is 36.8 Å². The third-order valence-electron chi connectivity index (χ3n) is 4.64. The molecule has 2 aromatic carbocycles. The molecule has 162 valence electrons. The molecule has 0 bridgehead atoms. The van der Waals surface area contributed by atoms with E-state index in [1.54, 1.807) is 31.2 Å². The van der Waals surface area contributed by atoms with E-state index in [1.807, 2.05) is 6.07 Å². The summed E-state index contributed by atoms with van der Waals surface area (Å²) >= 11 is 0. The van der Waals surface area contributed by atoms with Gasteiger partial charge in [0.15, 0.2) is 0 Å². The molecule has 3 rings (SSSR count). The van der Waals surface area contributed by atoms with E-state index in [0.29, 0.717) is 6.07 Å². The first kappa shape index (κ1) is 21.8. The average Bonchev–Trinajstić information content (AvgIpc) is 2.73. The number of carbonyl (C=O) groups is 1. The number of H-pyrrole nitrogens is 1. The van der Waals surface area contributed by atoms with Crippen molar-refractivity contribution in [1.82, 2.24) is 9.55 Å². The Morgan fingerprint density at radius 2 is 1.87 bits per heavy atom. The minimum Gasteiger partial charge on any atom is -0.383 e. The van der Waals surface area contributed by atoms with Crippen LogP contribution >= 0.6 is 0 Å². The first-order valence-electron chi connectivity index (χ1n) is 9.46. The number of amides is 1. The summed E-state index contributed by atoms with van der Waals surface area (Å²) in [6.07, 6.45) is 0. The molecule has 0 fully saturated rings. The normalized spacial score (nSPS) is 10.7. The number of hydrogen-bond acceptors (Lipinski definition) is 5. The summed E-state index contributed by atoms with van der Waals surface area (Å²) in [7, 11) is 0. The van der Waals surface area contributed by atoms with E-state index in [9.17, 15) is 23.2 Å². The van der Waals surface area contributed by atoms with E-state index < -0.39 is 28.8 Å². The van der Waals surface area contributed by atoms with Crippen LogP contribution in [0.15, 0.2) is 58.1 Å². The number of aromatic amines is 1. The zero-order chi connectivity index (χ0) is 22.5. The maximum absolute atomic E-state index is 13.8. The summed E-state index contributed by atoms with van der Waals surface area (Å²) in [6.45, 7) is 1.68. The largest absolute Gasteiger partial charge is 0.383 e. The molecule has 1 amide bonds. The third-order valence-corrected chi connectivity index (χ3v) is 4.64. The minimum atomic E-state index is -0.926. The fourth-order valence-electron chi connectivity index (χ4n) is 3.11. The molecule has 1 aromatic heterocycles. The lowest BCUT2D eigenvalue weighted by atomic mass is 10.2. The van der Waals surface area contributed by atoms with Crippen LogP contribution in [-0.2, 0) is 11.3 Å². The van der Waals surface area contributed by atoms with E-state index >= 15 is 0 Å². The fraction of sp³-hybridized carbons (Fsp3) is 0.190. The van der Waals surface area contributed by atoms with E-state index in [4.69, 9.17) is 5.73 Å². The number of likely N-dealkylation sites (N-methyl/N-ethyl adjacent to an activating group) is 1. The van der Waals surface area contributed by atoms with Gasteiger partial charge in [0.2, 0.25) is 5.91 Å². The van der Waals surface area contributed by atoms with Gasteiger partial charge in [-0.25, -0.2) is 13.6 Å². The smallest absolute Gasteiger partial charge is 0.330 e. The molecular formula is C21H21F2N5O3. The number of nitrogen functional groups attached to an aromatic ring is 1. The fourth-order valence-corrected chi connectivity index (χ4v) is 3.11. The number of nitrogens with one attached hydrogen (secondary N) is 2. The van der Waals surface area contributed by atoms with Crippen molar-refractivity contribution < 1.29 is 13.6 Å². The van der Waals surface area contributed by atoms with Crippen LogP contribution in [0.25, 0.3) is 0 Å². The number of benzene rings is 2. The number of anilines is 3. The third kappa shape index (κ3) is 4.97. The molecule has 0 atom stereocenters.